The summed E-state index contributed by atoms with van der Waals surface area (Å²) >= 11 is 2.53. The van der Waals surface area contributed by atoms with Gasteiger partial charge < -0.3 is 5.11 Å². The van der Waals surface area contributed by atoms with Gasteiger partial charge in [0.2, 0.25) is 0 Å². The number of fused-ring (bicyclic) bond motifs is 1. The second kappa shape index (κ2) is 7.74. The second-order valence-electron chi connectivity index (χ2n) is 7.37. The number of benzene rings is 2. The topological polar surface area (TPSA) is 72.2 Å². The molecule has 0 fully saturated rings. The zero-order valence-corrected chi connectivity index (χ0v) is 18.4. The Morgan fingerprint density at radius 1 is 1.07 bits per heavy atom. The number of aromatic nitrogens is 2. The predicted octanol–water partition coefficient (Wildman–Crippen LogP) is 5.38. The van der Waals surface area contributed by atoms with E-state index in [9.17, 15) is 14.7 Å². The van der Waals surface area contributed by atoms with Gasteiger partial charge in [0.25, 0.3) is 5.56 Å². The highest BCUT2D eigenvalue weighted by Gasteiger charge is 2.32. The SMILES string of the molecule is Cc1sc2nc(SC(C)(C)C(=O)O)n(-c3ccccc3)c(=O)c2c1-c1ccccc1. The number of hydrogen-bond acceptors (Lipinski definition) is 5. The lowest BCUT2D eigenvalue weighted by atomic mass is 10.0. The molecule has 0 bridgehead atoms. The lowest BCUT2D eigenvalue weighted by Crippen LogP contribution is -2.30. The minimum Gasteiger partial charge on any atom is -0.480 e. The molecule has 0 aliphatic rings. The quantitative estimate of drug-likeness (QED) is 0.336. The molecule has 0 aliphatic carbocycles. The number of aryl methyl sites for hydroxylation is 1. The maximum absolute atomic E-state index is 13.8. The summed E-state index contributed by atoms with van der Waals surface area (Å²) in [5, 5.41) is 10.5. The predicted molar refractivity (Wildman–Crippen MR) is 123 cm³/mol. The number of carboxylic acids is 1. The smallest absolute Gasteiger partial charge is 0.319 e. The first-order chi connectivity index (χ1) is 14.3. The Balaban J connectivity index is 2.06. The van der Waals surface area contributed by atoms with Crippen LogP contribution in [-0.2, 0) is 4.79 Å². The molecule has 30 heavy (non-hydrogen) atoms. The third-order valence-corrected chi connectivity index (χ3v) is 6.95. The highest BCUT2D eigenvalue weighted by molar-refractivity contribution is 8.01. The van der Waals surface area contributed by atoms with Gasteiger partial charge >= 0.3 is 5.97 Å². The normalized spacial score (nSPS) is 11.7. The first-order valence-corrected chi connectivity index (χ1v) is 11.0. The monoisotopic (exact) mass is 436 g/mol. The molecule has 0 radical (unpaired) electrons. The van der Waals surface area contributed by atoms with Gasteiger partial charge in [-0.3, -0.25) is 14.2 Å². The number of rotatable bonds is 5. The van der Waals surface area contributed by atoms with E-state index in [-0.39, 0.29) is 5.56 Å². The zero-order valence-electron chi connectivity index (χ0n) is 16.7. The van der Waals surface area contributed by atoms with Gasteiger partial charge in [0.1, 0.15) is 9.58 Å². The van der Waals surface area contributed by atoms with Crippen LogP contribution in [0.1, 0.15) is 18.7 Å². The minimum atomic E-state index is -1.14. The van der Waals surface area contributed by atoms with Crippen LogP contribution in [-0.4, -0.2) is 25.4 Å². The van der Waals surface area contributed by atoms with Gasteiger partial charge in [-0.25, -0.2) is 4.98 Å². The van der Waals surface area contributed by atoms with Crippen molar-refractivity contribution in [2.24, 2.45) is 0 Å². The average Bonchev–Trinajstić information content (AvgIpc) is 3.05. The summed E-state index contributed by atoms with van der Waals surface area (Å²) in [5.74, 6) is -0.964. The van der Waals surface area contributed by atoms with Gasteiger partial charge in [0.05, 0.1) is 11.1 Å². The molecule has 0 amide bonds. The molecule has 0 unspecified atom stereocenters. The molecule has 0 saturated carbocycles. The van der Waals surface area contributed by atoms with Gasteiger partial charge in [-0.05, 0) is 38.5 Å². The Hall–Kier alpha value is -2.90. The zero-order chi connectivity index (χ0) is 21.5. The van der Waals surface area contributed by atoms with Crippen molar-refractivity contribution in [2.45, 2.75) is 30.7 Å². The van der Waals surface area contributed by atoms with Crippen molar-refractivity contribution in [1.29, 1.82) is 0 Å². The fourth-order valence-electron chi connectivity index (χ4n) is 3.24. The van der Waals surface area contributed by atoms with Gasteiger partial charge in [0, 0.05) is 10.4 Å². The molecule has 0 atom stereocenters. The van der Waals surface area contributed by atoms with Gasteiger partial charge in [-0.15, -0.1) is 11.3 Å². The van der Waals surface area contributed by atoms with Crippen LogP contribution in [0.15, 0.2) is 70.6 Å². The van der Waals surface area contributed by atoms with Crippen molar-refractivity contribution in [3.63, 3.8) is 0 Å². The lowest BCUT2D eigenvalue weighted by Gasteiger charge is -2.20. The summed E-state index contributed by atoms with van der Waals surface area (Å²) in [5.41, 5.74) is 2.31. The summed E-state index contributed by atoms with van der Waals surface area (Å²) in [6.45, 7) is 5.20. The maximum atomic E-state index is 13.8. The van der Waals surface area contributed by atoms with Crippen molar-refractivity contribution in [2.75, 3.05) is 0 Å². The first kappa shape index (κ1) is 20.4. The number of aliphatic carboxylic acids is 1. The van der Waals surface area contributed by atoms with Crippen molar-refractivity contribution in [3.05, 3.63) is 75.9 Å². The Bertz CT molecular complexity index is 1290. The van der Waals surface area contributed by atoms with Crippen LogP contribution in [0.25, 0.3) is 27.0 Å². The molecule has 0 aliphatic heterocycles. The van der Waals surface area contributed by atoms with E-state index in [1.165, 1.54) is 15.9 Å². The van der Waals surface area contributed by atoms with E-state index in [4.69, 9.17) is 4.98 Å². The summed E-state index contributed by atoms with van der Waals surface area (Å²) < 4.78 is 0.383. The number of thiophene rings is 1. The summed E-state index contributed by atoms with van der Waals surface area (Å²) in [7, 11) is 0. The summed E-state index contributed by atoms with van der Waals surface area (Å²) in [6, 6.07) is 19.0. The number of carbonyl (C=O) groups is 1. The van der Waals surface area contributed by atoms with E-state index in [0.29, 0.717) is 21.1 Å². The largest absolute Gasteiger partial charge is 0.480 e. The third kappa shape index (κ3) is 3.55. The Morgan fingerprint density at radius 2 is 1.67 bits per heavy atom. The Morgan fingerprint density at radius 3 is 2.27 bits per heavy atom. The molecule has 0 saturated heterocycles. The van der Waals surface area contributed by atoms with Crippen molar-refractivity contribution in [1.82, 2.24) is 9.55 Å². The lowest BCUT2D eigenvalue weighted by molar-refractivity contribution is -0.138. The summed E-state index contributed by atoms with van der Waals surface area (Å²) in [6.07, 6.45) is 0. The van der Waals surface area contributed by atoms with Crippen LogP contribution in [0.2, 0.25) is 0 Å². The van der Waals surface area contributed by atoms with Crippen LogP contribution >= 0.6 is 23.1 Å². The number of nitrogens with zero attached hydrogens (tertiary/aromatic N) is 2. The van der Waals surface area contributed by atoms with E-state index >= 15 is 0 Å². The highest BCUT2D eigenvalue weighted by Crippen LogP contribution is 2.38. The van der Waals surface area contributed by atoms with E-state index in [1.807, 2.05) is 67.6 Å². The number of carboxylic acid groups (broad SMARTS) is 1. The fourth-order valence-corrected chi connectivity index (χ4v) is 5.29. The van der Waals surface area contributed by atoms with Gasteiger partial charge in [-0.1, -0.05) is 60.3 Å². The molecule has 2 aromatic carbocycles. The highest BCUT2D eigenvalue weighted by atomic mass is 32.2. The standard InChI is InChI=1S/C23H20N2O3S2/c1-14-17(15-10-6-4-7-11-15)18-19(29-14)24-22(30-23(2,3)21(27)28)25(20(18)26)16-12-8-5-9-13-16/h4-13H,1-3H3,(H,27,28). The van der Waals surface area contributed by atoms with Crippen molar-refractivity contribution in [3.8, 4) is 16.8 Å². The van der Waals surface area contributed by atoms with E-state index in [0.717, 1.165) is 27.8 Å². The molecule has 7 heteroatoms. The second-order valence-corrected chi connectivity index (χ2v) is 10.2. The van der Waals surface area contributed by atoms with Gasteiger partial charge in [-0.2, -0.15) is 0 Å². The van der Waals surface area contributed by atoms with E-state index < -0.39 is 10.7 Å². The molecular weight excluding hydrogens is 416 g/mol. The van der Waals surface area contributed by atoms with Crippen LogP contribution in [0.3, 0.4) is 0 Å². The molecule has 2 aromatic heterocycles. The maximum Gasteiger partial charge on any atom is 0.319 e. The first-order valence-electron chi connectivity index (χ1n) is 9.39. The molecule has 5 nitrogen and oxygen atoms in total. The summed E-state index contributed by atoms with van der Waals surface area (Å²) in [4.78, 5) is 31.9. The molecule has 152 valence electrons. The number of hydrogen-bond donors (Lipinski definition) is 1. The van der Waals surface area contributed by atoms with Gasteiger partial charge in [0.15, 0.2) is 5.16 Å². The van der Waals surface area contributed by atoms with Crippen molar-refractivity contribution >= 4 is 39.3 Å². The number of para-hydroxylation sites is 1. The third-order valence-electron chi connectivity index (χ3n) is 4.81. The molecule has 0 spiro atoms. The van der Waals surface area contributed by atoms with Crippen LogP contribution in [0.4, 0.5) is 0 Å². The van der Waals surface area contributed by atoms with Crippen LogP contribution in [0, 0.1) is 6.92 Å². The average molecular weight is 437 g/mol. The number of thioether (sulfide) groups is 1. The molecule has 4 aromatic rings. The molecule has 2 heterocycles. The molecule has 1 N–H and O–H groups in total. The Labute approximate surface area is 182 Å². The molecular formula is C23H20N2O3S2. The van der Waals surface area contributed by atoms with E-state index in [1.54, 1.807) is 13.8 Å². The van der Waals surface area contributed by atoms with Crippen LogP contribution in [0.5, 0.6) is 0 Å². The Kier molecular flexibility index (Phi) is 5.26. The van der Waals surface area contributed by atoms with Crippen LogP contribution < -0.4 is 5.56 Å². The van der Waals surface area contributed by atoms with E-state index in [2.05, 4.69) is 0 Å². The minimum absolute atomic E-state index is 0.196. The fraction of sp³-hybridized carbons (Fsp3) is 0.174. The molecule has 4 rings (SSSR count). The van der Waals surface area contributed by atoms with Crippen molar-refractivity contribution < 1.29 is 9.90 Å².